The van der Waals surface area contributed by atoms with Gasteiger partial charge in [-0.2, -0.15) is 0 Å². The Balaban J connectivity index is 2.67. The predicted molar refractivity (Wildman–Crippen MR) is 43.9 cm³/mol. The summed E-state index contributed by atoms with van der Waals surface area (Å²) in [6.07, 6.45) is 0. The van der Waals surface area contributed by atoms with Crippen LogP contribution in [0.5, 0.6) is 0 Å². The Labute approximate surface area is 66.0 Å². The minimum Gasteiger partial charge on any atom is -0.286 e. The quantitative estimate of drug-likeness (QED) is 0.575. The van der Waals surface area contributed by atoms with Gasteiger partial charge in [-0.3, -0.25) is 9.69 Å². The maximum Gasteiger partial charge on any atom is 0.204 e. The lowest BCUT2D eigenvalue weighted by Crippen LogP contribution is -2.35. The summed E-state index contributed by atoms with van der Waals surface area (Å²) < 4.78 is 0. The summed E-state index contributed by atoms with van der Waals surface area (Å²) in [5, 5.41) is 0.298. The first-order chi connectivity index (χ1) is 4.56. The highest BCUT2D eigenvalue weighted by Crippen LogP contribution is 2.35. The molecule has 0 spiro atoms. The molecule has 1 heterocycles. The van der Waals surface area contributed by atoms with E-state index in [0.717, 1.165) is 6.54 Å². The van der Waals surface area contributed by atoms with E-state index in [1.807, 2.05) is 0 Å². The molecule has 1 rings (SSSR count). The van der Waals surface area contributed by atoms with Crippen LogP contribution in [0.3, 0.4) is 0 Å². The molecule has 0 unspecified atom stereocenters. The second-order valence-electron chi connectivity index (χ2n) is 2.93. The molecule has 1 aliphatic rings. The fourth-order valence-electron chi connectivity index (χ4n) is 1.21. The normalized spacial score (nSPS) is 25.7. The summed E-state index contributed by atoms with van der Waals surface area (Å²) in [7, 11) is 0. The molecule has 1 fully saturated rings. The van der Waals surface area contributed by atoms with Gasteiger partial charge in [0.25, 0.3) is 0 Å². The van der Waals surface area contributed by atoms with Crippen LogP contribution in [0.15, 0.2) is 0 Å². The molecule has 0 amide bonds. The summed E-state index contributed by atoms with van der Waals surface area (Å²) in [6, 6.07) is 0. The fourth-order valence-corrected chi connectivity index (χ4v) is 2.31. The minimum absolute atomic E-state index is 0.0336. The number of hydrogen-bond donors (Lipinski definition) is 0. The summed E-state index contributed by atoms with van der Waals surface area (Å²) in [6.45, 7) is 7.85. The van der Waals surface area contributed by atoms with Crippen molar-refractivity contribution in [3.63, 3.8) is 0 Å². The lowest BCUT2D eigenvalue weighted by molar-refractivity contribution is -0.111. The van der Waals surface area contributed by atoms with Crippen LogP contribution >= 0.6 is 11.8 Å². The number of carbonyl (C=O) groups excluding carboxylic acids is 1. The van der Waals surface area contributed by atoms with Crippen LogP contribution < -0.4 is 0 Å². The number of rotatable bonds is 1. The van der Waals surface area contributed by atoms with E-state index in [9.17, 15) is 4.79 Å². The zero-order valence-electron chi connectivity index (χ0n) is 6.68. The fraction of sp³-hybridized carbons (Fsp3) is 0.857. The van der Waals surface area contributed by atoms with Crippen LogP contribution in [0, 0.1) is 0 Å². The van der Waals surface area contributed by atoms with E-state index in [2.05, 4.69) is 25.7 Å². The van der Waals surface area contributed by atoms with Crippen LogP contribution in [-0.2, 0) is 4.79 Å². The van der Waals surface area contributed by atoms with E-state index in [-0.39, 0.29) is 4.87 Å². The van der Waals surface area contributed by atoms with Gasteiger partial charge in [-0.1, -0.05) is 18.7 Å². The van der Waals surface area contributed by atoms with Crippen molar-refractivity contribution in [1.82, 2.24) is 4.90 Å². The number of nitrogens with zero attached hydrogens (tertiary/aromatic N) is 1. The largest absolute Gasteiger partial charge is 0.286 e. The third-order valence-corrected chi connectivity index (χ3v) is 2.94. The summed E-state index contributed by atoms with van der Waals surface area (Å²) in [5.74, 6) is 0. The minimum atomic E-state index is 0.0336. The Hall–Kier alpha value is -0.0200. The Morgan fingerprint density at radius 2 is 2.30 bits per heavy atom. The molecule has 3 heteroatoms. The smallest absolute Gasteiger partial charge is 0.204 e. The van der Waals surface area contributed by atoms with Crippen LogP contribution in [-0.4, -0.2) is 28.0 Å². The third-order valence-electron chi connectivity index (χ3n) is 1.83. The molecule has 58 valence electrons. The SMILES string of the molecule is CCN1CC(=O)SC1(C)C. The van der Waals surface area contributed by atoms with Crippen LogP contribution in [0.4, 0.5) is 0 Å². The average Bonchev–Trinajstić information content (AvgIpc) is 2.04. The lowest BCUT2D eigenvalue weighted by Gasteiger charge is -2.27. The third kappa shape index (κ3) is 1.35. The molecule has 0 radical (unpaired) electrons. The molecule has 1 saturated heterocycles. The van der Waals surface area contributed by atoms with Crippen molar-refractivity contribution < 1.29 is 4.79 Å². The molecular weight excluding hydrogens is 146 g/mol. The molecule has 1 aliphatic heterocycles. The van der Waals surface area contributed by atoms with Gasteiger partial charge in [0.05, 0.1) is 11.4 Å². The van der Waals surface area contributed by atoms with E-state index in [0.29, 0.717) is 11.7 Å². The Morgan fingerprint density at radius 1 is 1.70 bits per heavy atom. The van der Waals surface area contributed by atoms with Crippen molar-refractivity contribution in [2.45, 2.75) is 25.6 Å². The molecule has 0 N–H and O–H groups in total. The van der Waals surface area contributed by atoms with Gasteiger partial charge >= 0.3 is 0 Å². The van der Waals surface area contributed by atoms with E-state index >= 15 is 0 Å². The van der Waals surface area contributed by atoms with E-state index < -0.39 is 0 Å². The monoisotopic (exact) mass is 159 g/mol. The molecule has 10 heavy (non-hydrogen) atoms. The zero-order valence-corrected chi connectivity index (χ0v) is 7.49. The number of thioether (sulfide) groups is 1. The highest BCUT2D eigenvalue weighted by atomic mass is 32.2. The number of carbonyl (C=O) groups is 1. The van der Waals surface area contributed by atoms with Crippen molar-refractivity contribution in [3.8, 4) is 0 Å². The van der Waals surface area contributed by atoms with Crippen molar-refractivity contribution in [2.75, 3.05) is 13.1 Å². The van der Waals surface area contributed by atoms with Crippen molar-refractivity contribution in [2.24, 2.45) is 0 Å². The van der Waals surface area contributed by atoms with Gasteiger partial charge in [0.15, 0.2) is 0 Å². The van der Waals surface area contributed by atoms with Crippen LogP contribution in [0.25, 0.3) is 0 Å². The van der Waals surface area contributed by atoms with Crippen molar-refractivity contribution in [3.05, 3.63) is 0 Å². The molecular formula is C7H13NOS. The van der Waals surface area contributed by atoms with Gasteiger partial charge < -0.3 is 0 Å². The maximum absolute atomic E-state index is 10.9. The lowest BCUT2D eigenvalue weighted by atomic mass is 10.3. The molecule has 2 nitrogen and oxygen atoms in total. The second-order valence-corrected chi connectivity index (χ2v) is 4.59. The van der Waals surface area contributed by atoms with Crippen LogP contribution in [0.1, 0.15) is 20.8 Å². The molecule has 0 aromatic rings. The second kappa shape index (κ2) is 2.55. The number of likely N-dealkylation sites (N-methyl/N-ethyl adjacent to an activating group) is 1. The molecule has 0 bridgehead atoms. The van der Waals surface area contributed by atoms with Gasteiger partial charge in [-0.15, -0.1) is 0 Å². The Kier molecular flexibility index (Phi) is 2.06. The zero-order chi connectivity index (χ0) is 7.78. The van der Waals surface area contributed by atoms with Gasteiger partial charge in [-0.25, -0.2) is 0 Å². The average molecular weight is 159 g/mol. The standard InChI is InChI=1S/C7H13NOS/c1-4-8-5-6(9)10-7(8,2)3/h4-5H2,1-3H3. The van der Waals surface area contributed by atoms with Gasteiger partial charge in [0.1, 0.15) is 0 Å². The Bertz CT molecular complexity index is 156. The first kappa shape index (κ1) is 8.08. The molecule has 0 atom stereocenters. The van der Waals surface area contributed by atoms with E-state index in [1.165, 1.54) is 11.8 Å². The van der Waals surface area contributed by atoms with E-state index in [1.54, 1.807) is 0 Å². The highest BCUT2D eigenvalue weighted by Gasteiger charge is 2.36. The molecule has 0 saturated carbocycles. The highest BCUT2D eigenvalue weighted by molar-refractivity contribution is 8.15. The summed E-state index contributed by atoms with van der Waals surface area (Å²) >= 11 is 1.44. The maximum atomic E-state index is 10.9. The molecule has 0 aromatic carbocycles. The summed E-state index contributed by atoms with van der Waals surface area (Å²) in [5.41, 5.74) is 0. The van der Waals surface area contributed by atoms with Gasteiger partial charge in [0.2, 0.25) is 5.12 Å². The Morgan fingerprint density at radius 3 is 2.50 bits per heavy atom. The summed E-state index contributed by atoms with van der Waals surface area (Å²) in [4.78, 5) is 13.2. The van der Waals surface area contributed by atoms with Gasteiger partial charge in [-0.05, 0) is 20.4 Å². The molecule has 0 aliphatic carbocycles. The molecule has 0 aromatic heterocycles. The van der Waals surface area contributed by atoms with Crippen LogP contribution in [0.2, 0.25) is 0 Å². The van der Waals surface area contributed by atoms with Gasteiger partial charge in [0, 0.05) is 0 Å². The first-order valence-electron chi connectivity index (χ1n) is 3.53. The number of hydrogen-bond acceptors (Lipinski definition) is 3. The van der Waals surface area contributed by atoms with Crippen molar-refractivity contribution >= 4 is 16.9 Å². The first-order valence-corrected chi connectivity index (χ1v) is 4.35. The predicted octanol–water partition coefficient (Wildman–Crippen LogP) is 1.32. The van der Waals surface area contributed by atoms with E-state index in [4.69, 9.17) is 0 Å². The van der Waals surface area contributed by atoms with Crippen molar-refractivity contribution in [1.29, 1.82) is 0 Å². The topological polar surface area (TPSA) is 20.3 Å².